The second kappa shape index (κ2) is 7.40. The maximum absolute atomic E-state index is 12.0. The van der Waals surface area contributed by atoms with Crippen molar-refractivity contribution in [3.05, 3.63) is 70.8 Å². The van der Waals surface area contributed by atoms with Gasteiger partial charge in [0.2, 0.25) is 0 Å². The summed E-state index contributed by atoms with van der Waals surface area (Å²) in [6.07, 6.45) is 3.43. The van der Waals surface area contributed by atoms with Gasteiger partial charge >= 0.3 is 0 Å². The Labute approximate surface area is 182 Å². The standard InChI is InChI=1S/C25H25NO3S/c1-14-11-15(26-24(30)25(2,3)4)5-8-18(14)23-19-9-6-16(27)12-21(19)29-22-13-17(28)7-10-20(22)23/h5-12,22,27H,13H2,1-4H3,(H,26,30). The number of aromatic hydroxyl groups is 1. The number of thiocarbonyl (C=S) groups is 1. The molecule has 1 aliphatic heterocycles. The fourth-order valence-electron chi connectivity index (χ4n) is 3.77. The lowest BCUT2D eigenvalue weighted by molar-refractivity contribution is -0.116. The third kappa shape index (κ3) is 3.77. The van der Waals surface area contributed by atoms with Crippen molar-refractivity contribution in [2.24, 2.45) is 5.41 Å². The van der Waals surface area contributed by atoms with E-state index in [2.05, 4.69) is 45.1 Å². The summed E-state index contributed by atoms with van der Waals surface area (Å²) < 4.78 is 6.07. The van der Waals surface area contributed by atoms with Gasteiger partial charge in [-0.3, -0.25) is 4.79 Å². The number of anilines is 1. The first-order valence-electron chi connectivity index (χ1n) is 10.0. The number of phenols is 1. The van der Waals surface area contributed by atoms with Gasteiger partial charge in [0.1, 0.15) is 17.6 Å². The summed E-state index contributed by atoms with van der Waals surface area (Å²) in [6, 6.07) is 11.3. The van der Waals surface area contributed by atoms with Crippen molar-refractivity contribution in [2.75, 3.05) is 5.32 Å². The number of carbonyl (C=O) groups is 1. The molecule has 0 saturated carbocycles. The highest BCUT2D eigenvalue weighted by Gasteiger charge is 2.32. The number of fused-ring (bicyclic) bond motifs is 2. The summed E-state index contributed by atoms with van der Waals surface area (Å²) in [6.45, 7) is 8.32. The Morgan fingerprint density at radius 3 is 2.57 bits per heavy atom. The zero-order valence-electron chi connectivity index (χ0n) is 17.6. The highest BCUT2D eigenvalue weighted by molar-refractivity contribution is 7.80. The SMILES string of the molecule is Cc1cc(NC(=S)C(C)(C)C)ccc1C1=C2C=CC(=O)CC2Oc2cc(O)ccc21. The van der Waals surface area contributed by atoms with E-state index in [1.807, 2.05) is 18.2 Å². The van der Waals surface area contributed by atoms with Crippen LogP contribution in [-0.2, 0) is 4.79 Å². The normalized spacial score (nSPS) is 17.9. The van der Waals surface area contributed by atoms with Crippen molar-refractivity contribution < 1.29 is 14.6 Å². The van der Waals surface area contributed by atoms with Crippen LogP contribution in [0.3, 0.4) is 0 Å². The number of benzene rings is 2. The van der Waals surface area contributed by atoms with Crippen LogP contribution < -0.4 is 10.1 Å². The van der Waals surface area contributed by atoms with Gasteiger partial charge < -0.3 is 15.2 Å². The van der Waals surface area contributed by atoms with Crippen LogP contribution in [0, 0.1) is 12.3 Å². The minimum Gasteiger partial charge on any atom is -0.508 e. The van der Waals surface area contributed by atoms with Gasteiger partial charge in [-0.1, -0.05) is 45.1 Å². The van der Waals surface area contributed by atoms with Gasteiger partial charge in [0, 0.05) is 28.3 Å². The van der Waals surface area contributed by atoms with E-state index in [4.69, 9.17) is 17.0 Å². The molecule has 1 atom stereocenters. The number of rotatable bonds is 2. The summed E-state index contributed by atoms with van der Waals surface area (Å²) in [5.41, 5.74) is 5.92. The molecule has 0 radical (unpaired) electrons. The van der Waals surface area contributed by atoms with Gasteiger partial charge in [-0.25, -0.2) is 0 Å². The van der Waals surface area contributed by atoms with Gasteiger partial charge in [0.05, 0.1) is 11.4 Å². The first-order valence-corrected chi connectivity index (χ1v) is 10.4. The Kier molecular flexibility index (Phi) is 5.02. The summed E-state index contributed by atoms with van der Waals surface area (Å²) >= 11 is 5.52. The van der Waals surface area contributed by atoms with Crippen LogP contribution in [0.1, 0.15) is 43.9 Å². The smallest absolute Gasteiger partial charge is 0.159 e. The molecule has 0 saturated heterocycles. The van der Waals surface area contributed by atoms with E-state index in [9.17, 15) is 9.90 Å². The van der Waals surface area contributed by atoms with Crippen molar-refractivity contribution >= 4 is 34.3 Å². The summed E-state index contributed by atoms with van der Waals surface area (Å²) in [5.74, 6) is 0.775. The lowest BCUT2D eigenvalue weighted by Gasteiger charge is -2.32. The molecule has 0 aromatic heterocycles. The van der Waals surface area contributed by atoms with Crippen molar-refractivity contribution in [1.82, 2.24) is 0 Å². The van der Waals surface area contributed by atoms with Crippen molar-refractivity contribution in [2.45, 2.75) is 40.2 Å². The van der Waals surface area contributed by atoms with Gasteiger partial charge in [0.15, 0.2) is 5.78 Å². The lowest BCUT2D eigenvalue weighted by Crippen LogP contribution is -2.29. The van der Waals surface area contributed by atoms with E-state index >= 15 is 0 Å². The molecule has 5 heteroatoms. The molecule has 2 N–H and O–H groups in total. The molecule has 2 aromatic rings. The van der Waals surface area contributed by atoms with Crippen molar-refractivity contribution in [1.29, 1.82) is 0 Å². The molecule has 30 heavy (non-hydrogen) atoms. The van der Waals surface area contributed by atoms with E-state index in [1.165, 1.54) is 0 Å². The summed E-state index contributed by atoms with van der Waals surface area (Å²) in [5, 5.41) is 13.3. The number of ether oxygens (including phenoxy) is 1. The second-order valence-electron chi connectivity index (χ2n) is 8.85. The monoisotopic (exact) mass is 419 g/mol. The maximum atomic E-state index is 12.0. The highest BCUT2D eigenvalue weighted by Crippen LogP contribution is 2.44. The largest absolute Gasteiger partial charge is 0.508 e. The number of hydrogen-bond donors (Lipinski definition) is 2. The molecule has 1 unspecified atom stereocenters. The van der Waals surface area contributed by atoms with Crippen molar-refractivity contribution in [3.8, 4) is 11.5 Å². The van der Waals surface area contributed by atoms with E-state index in [0.29, 0.717) is 12.2 Å². The average Bonchev–Trinajstić information content (AvgIpc) is 2.65. The predicted molar refractivity (Wildman–Crippen MR) is 124 cm³/mol. The Bertz CT molecular complexity index is 1120. The van der Waals surface area contributed by atoms with Crippen LogP contribution >= 0.6 is 12.2 Å². The Balaban J connectivity index is 1.82. The topological polar surface area (TPSA) is 58.6 Å². The zero-order valence-corrected chi connectivity index (χ0v) is 18.4. The van der Waals surface area contributed by atoms with E-state index in [0.717, 1.165) is 38.5 Å². The number of allylic oxidation sites excluding steroid dienone is 1. The number of carbonyl (C=O) groups excluding carboxylic acids is 1. The summed E-state index contributed by atoms with van der Waals surface area (Å²) in [7, 11) is 0. The molecule has 0 spiro atoms. The van der Waals surface area contributed by atoms with E-state index in [1.54, 1.807) is 18.2 Å². The average molecular weight is 420 g/mol. The Hall–Kier alpha value is -2.92. The number of nitrogens with one attached hydrogen (secondary N) is 1. The number of ketones is 1. The lowest BCUT2D eigenvalue weighted by atomic mass is 9.82. The molecule has 1 aliphatic carbocycles. The van der Waals surface area contributed by atoms with Gasteiger partial charge in [-0.05, 0) is 54.0 Å². The molecule has 2 aliphatic rings. The zero-order chi connectivity index (χ0) is 21.6. The highest BCUT2D eigenvalue weighted by atomic mass is 32.1. The summed E-state index contributed by atoms with van der Waals surface area (Å²) in [4.78, 5) is 12.8. The van der Waals surface area contributed by atoms with Crippen LogP contribution in [0.15, 0.2) is 54.1 Å². The van der Waals surface area contributed by atoms with Crippen LogP contribution in [0.25, 0.3) is 5.57 Å². The van der Waals surface area contributed by atoms with Gasteiger partial charge in [0.25, 0.3) is 0 Å². The fourth-order valence-corrected chi connectivity index (χ4v) is 3.88. The molecule has 154 valence electrons. The molecule has 1 heterocycles. The van der Waals surface area contributed by atoms with Crippen LogP contribution in [-0.4, -0.2) is 22.0 Å². The molecule has 4 nitrogen and oxygen atoms in total. The van der Waals surface area contributed by atoms with Gasteiger partial charge in [-0.2, -0.15) is 0 Å². The molecular formula is C25H25NO3S. The Morgan fingerprint density at radius 1 is 1.13 bits per heavy atom. The molecule has 2 aromatic carbocycles. The van der Waals surface area contributed by atoms with Gasteiger partial charge in [-0.15, -0.1) is 0 Å². The molecule has 0 amide bonds. The molecule has 4 rings (SSSR count). The third-order valence-corrected chi connectivity index (χ3v) is 6.12. The maximum Gasteiger partial charge on any atom is 0.159 e. The third-order valence-electron chi connectivity index (χ3n) is 5.41. The van der Waals surface area contributed by atoms with Crippen molar-refractivity contribution in [3.63, 3.8) is 0 Å². The van der Waals surface area contributed by atoms with E-state index < -0.39 is 0 Å². The second-order valence-corrected chi connectivity index (χ2v) is 9.26. The minimum atomic E-state index is -0.350. The molecule has 0 fully saturated rings. The first kappa shape index (κ1) is 20.4. The molecular weight excluding hydrogens is 394 g/mol. The fraction of sp³-hybridized carbons (Fsp3) is 0.280. The van der Waals surface area contributed by atoms with Crippen LogP contribution in [0.2, 0.25) is 0 Å². The molecule has 0 bridgehead atoms. The minimum absolute atomic E-state index is 0.0404. The Morgan fingerprint density at radius 2 is 1.87 bits per heavy atom. The number of aryl methyl sites for hydroxylation is 1. The van der Waals surface area contributed by atoms with Crippen LogP contribution in [0.4, 0.5) is 5.69 Å². The van der Waals surface area contributed by atoms with E-state index in [-0.39, 0.29) is 23.1 Å². The first-order chi connectivity index (χ1) is 14.1. The van der Waals surface area contributed by atoms with Crippen LogP contribution in [0.5, 0.6) is 11.5 Å². The number of hydrogen-bond acceptors (Lipinski definition) is 4. The number of phenolic OH excluding ortho intramolecular Hbond substituents is 1. The quantitative estimate of drug-likeness (QED) is 0.623. The predicted octanol–water partition coefficient (Wildman–Crippen LogP) is 5.58.